The number of aliphatic hydroxyl groups is 1. The standard InChI is InChI=1S/C28H21B6N5O5S/c1-11-9-13(44-23-20(32)18(30)17(29)19(31)22(23)40)4-5-14(11)39-15-6-7-35-26-16(15)21(37-27(39)42)24(45-26)25(41)36-12-3-2-8-38(10-12)28(33,34)43/h4-7,9,12,40,43H,2-3,8,10H2,1H3,(H,36,41)(H,37,42)/t12-/m1/s1. The minimum absolute atomic E-state index is 0.0148. The fraction of sp³-hybridized carbons (Fsp3) is 0.250. The number of ether oxygens (including phenoxy) is 1. The number of benzene rings is 2. The lowest BCUT2D eigenvalue weighted by Gasteiger charge is -2.41. The number of aromatic hydroxyl groups is 1. The summed E-state index contributed by atoms with van der Waals surface area (Å²) in [4.78, 5) is 35.4. The number of aryl methyl sites for hydroxylation is 1. The second-order valence-corrected chi connectivity index (χ2v) is 12.0. The van der Waals surface area contributed by atoms with Crippen LogP contribution in [0.25, 0.3) is 10.2 Å². The van der Waals surface area contributed by atoms with Gasteiger partial charge in [-0.25, -0.2) is 9.78 Å². The summed E-state index contributed by atoms with van der Waals surface area (Å²) < 4.78 is 5.84. The third-order valence-electron chi connectivity index (χ3n) is 7.93. The predicted molar refractivity (Wildman–Crippen MR) is 180 cm³/mol. The average Bonchev–Trinajstić information content (AvgIpc) is 3.37. The van der Waals surface area contributed by atoms with Gasteiger partial charge in [0.25, 0.3) is 5.91 Å². The Morgan fingerprint density at radius 3 is 2.58 bits per heavy atom. The highest BCUT2D eigenvalue weighted by Crippen LogP contribution is 2.46. The van der Waals surface area contributed by atoms with Gasteiger partial charge in [0.05, 0.1) is 22.4 Å². The van der Waals surface area contributed by atoms with Crippen LogP contribution in [0.5, 0.6) is 17.2 Å². The summed E-state index contributed by atoms with van der Waals surface area (Å²) in [5, 5.41) is 26.9. The number of thiophene rings is 1. The fourth-order valence-electron chi connectivity index (χ4n) is 5.61. The number of carbonyl (C=O) groups is 2. The van der Waals surface area contributed by atoms with Crippen molar-refractivity contribution in [2.24, 2.45) is 0 Å². The maximum Gasteiger partial charge on any atom is 0.331 e. The first-order chi connectivity index (χ1) is 21.3. The van der Waals surface area contributed by atoms with Crippen molar-refractivity contribution in [3.05, 3.63) is 40.9 Å². The van der Waals surface area contributed by atoms with Crippen LogP contribution in [0.1, 0.15) is 28.1 Å². The molecule has 1 fully saturated rings. The molecule has 0 spiro atoms. The molecule has 4 heterocycles. The Balaban J connectivity index is 1.30. The molecule has 0 unspecified atom stereocenters. The number of rotatable bonds is 6. The summed E-state index contributed by atoms with van der Waals surface area (Å²) >= 11 is 1.16. The molecular weight excluding hydrogens is 583 g/mol. The molecule has 6 rings (SSSR count). The van der Waals surface area contributed by atoms with E-state index in [0.717, 1.165) is 11.3 Å². The van der Waals surface area contributed by atoms with Crippen molar-refractivity contribution in [3.63, 3.8) is 0 Å². The van der Waals surface area contributed by atoms with Gasteiger partial charge in [0.2, 0.25) is 0 Å². The van der Waals surface area contributed by atoms with Crippen LogP contribution < -0.4 is 42.1 Å². The summed E-state index contributed by atoms with van der Waals surface area (Å²) in [7, 11) is 34.9. The van der Waals surface area contributed by atoms with Crippen LogP contribution in [0, 0.1) is 6.92 Å². The van der Waals surface area contributed by atoms with Crippen LogP contribution in [0.3, 0.4) is 0 Å². The van der Waals surface area contributed by atoms with Gasteiger partial charge in [-0.3, -0.25) is 14.6 Å². The lowest BCUT2D eigenvalue weighted by Crippen LogP contribution is -2.58. The van der Waals surface area contributed by atoms with E-state index in [1.54, 1.807) is 37.4 Å². The summed E-state index contributed by atoms with van der Waals surface area (Å²) in [6.45, 7) is 2.54. The van der Waals surface area contributed by atoms with Crippen LogP contribution in [-0.2, 0) is 0 Å². The molecule has 10 nitrogen and oxygen atoms in total. The van der Waals surface area contributed by atoms with Crippen molar-refractivity contribution in [1.29, 1.82) is 0 Å². The van der Waals surface area contributed by atoms with Crippen molar-refractivity contribution < 1.29 is 24.5 Å². The molecule has 4 aromatic rings. The van der Waals surface area contributed by atoms with Gasteiger partial charge in [-0.1, -0.05) is 10.9 Å². The van der Waals surface area contributed by atoms with Gasteiger partial charge >= 0.3 is 6.03 Å². The summed E-state index contributed by atoms with van der Waals surface area (Å²) in [5.74, 6) is -0.685. The van der Waals surface area contributed by atoms with Gasteiger partial charge in [0.1, 0.15) is 68.3 Å². The lowest BCUT2D eigenvalue weighted by molar-refractivity contribution is 0.00880. The largest absolute Gasteiger partial charge is 0.505 e. The second kappa shape index (κ2) is 11.5. The number of likely N-dealkylation sites (tertiary alicyclic amines) is 1. The van der Waals surface area contributed by atoms with E-state index in [-0.39, 0.29) is 46.1 Å². The number of nitrogens with zero attached hydrogens (tertiary/aromatic N) is 3. The first-order valence-electron chi connectivity index (χ1n) is 13.9. The number of anilines is 3. The van der Waals surface area contributed by atoms with Crippen molar-refractivity contribution in [2.75, 3.05) is 23.3 Å². The van der Waals surface area contributed by atoms with Crippen LogP contribution in [-0.4, -0.2) is 104 Å². The lowest BCUT2D eigenvalue weighted by atomic mass is 9.66. The molecule has 2 aromatic heterocycles. The number of hydrogen-bond donors (Lipinski definition) is 4. The smallest absolute Gasteiger partial charge is 0.331 e. The molecule has 0 saturated carbocycles. The molecule has 212 valence electrons. The highest BCUT2D eigenvalue weighted by Gasteiger charge is 2.35. The molecule has 4 N–H and O–H groups in total. The quantitative estimate of drug-likeness (QED) is 0.210. The van der Waals surface area contributed by atoms with Gasteiger partial charge in [-0.05, 0) is 56.1 Å². The Morgan fingerprint density at radius 2 is 1.87 bits per heavy atom. The van der Waals surface area contributed by atoms with Crippen molar-refractivity contribution in [3.8, 4) is 17.2 Å². The Labute approximate surface area is 271 Å². The highest BCUT2D eigenvalue weighted by molar-refractivity contribution is 7.21. The molecule has 0 aliphatic carbocycles. The van der Waals surface area contributed by atoms with Crippen molar-refractivity contribution in [2.45, 2.75) is 31.3 Å². The topological polar surface area (TPSA) is 127 Å². The van der Waals surface area contributed by atoms with Crippen LogP contribution in [0.4, 0.5) is 21.9 Å². The van der Waals surface area contributed by atoms with Crippen LogP contribution >= 0.6 is 11.3 Å². The highest BCUT2D eigenvalue weighted by atomic mass is 32.1. The molecule has 45 heavy (non-hydrogen) atoms. The maximum atomic E-state index is 13.6. The molecule has 17 heteroatoms. The van der Waals surface area contributed by atoms with E-state index in [0.29, 0.717) is 62.9 Å². The van der Waals surface area contributed by atoms with E-state index >= 15 is 0 Å². The number of amides is 3. The van der Waals surface area contributed by atoms with E-state index in [2.05, 4.69) is 15.6 Å². The Hall–Kier alpha value is -3.80. The van der Waals surface area contributed by atoms with E-state index in [1.165, 1.54) is 9.80 Å². The second-order valence-electron chi connectivity index (χ2n) is 11.0. The molecule has 2 aromatic carbocycles. The Bertz CT molecular complexity index is 1850. The van der Waals surface area contributed by atoms with Crippen LogP contribution in [0.15, 0.2) is 30.5 Å². The summed E-state index contributed by atoms with van der Waals surface area (Å²) in [6, 6.07) is 5.82. The minimum Gasteiger partial charge on any atom is -0.505 e. The van der Waals surface area contributed by atoms with Gasteiger partial charge in [0, 0.05) is 24.3 Å². The zero-order valence-electron chi connectivity index (χ0n) is 24.1. The Kier molecular flexibility index (Phi) is 7.99. The number of hydrogen-bond acceptors (Lipinski definition) is 8. The minimum atomic E-state index is -1.99. The normalized spacial score (nSPS) is 16.9. The predicted octanol–water partition coefficient (Wildman–Crippen LogP) is -0.904. The number of aromatic nitrogens is 1. The molecule has 1 atom stereocenters. The first kappa shape index (κ1) is 31.2. The number of phenolic OH excluding ortho intramolecular Hbond substituents is 1. The molecule has 2 aliphatic heterocycles. The zero-order valence-corrected chi connectivity index (χ0v) is 24.9. The number of nitrogens with one attached hydrogen (secondary N) is 2. The monoisotopic (exact) mass is 605 g/mol. The number of urea groups is 1. The summed E-state index contributed by atoms with van der Waals surface area (Å²) in [6.07, 6.45) is 2.92. The third kappa shape index (κ3) is 5.51. The first-order valence-corrected chi connectivity index (χ1v) is 14.7. The van der Waals surface area contributed by atoms with Crippen molar-refractivity contribution in [1.82, 2.24) is 15.2 Å². The molecule has 2 aliphatic rings. The number of piperidine rings is 1. The zero-order chi connectivity index (χ0) is 32.4. The molecule has 3 amide bonds. The van der Waals surface area contributed by atoms with Gasteiger partial charge in [-0.2, -0.15) is 0 Å². The SMILES string of the molecule is [B]c1c([B])c([B])c(Oc2ccc(N3C(=O)Nc4c(C(=O)N[C@@H]5CCCN(C([B])([B])O)C5)sc5nccc3c45)c(C)c2)c(O)c1[B]. The maximum absolute atomic E-state index is 13.6. The molecular formula is C28H21B6N5O5S. The molecule has 12 radical (unpaired) electrons. The average molecular weight is 604 g/mol. The number of pyridine rings is 1. The van der Waals surface area contributed by atoms with Gasteiger partial charge in [-0.15, -0.1) is 22.3 Å². The van der Waals surface area contributed by atoms with E-state index in [1.807, 2.05) is 0 Å². The number of phenols is 1. The fourth-order valence-corrected chi connectivity index (χ4v) is 6.63. The van der Waals surface area contributed by atoms with Gasteiger partial charge in [0.15, 0.2) is 5.75 Å². The van der Waals surface area contributed by atoms with Crippen LogP contribution in [0.2, 0.25) is 0 Å². The molecule has 1 saturated heterocycles. The van der Waals surface area contributed by atoms with Crippen molar-refractivity contribution >= 4 is 119 Å². The van der Waals surface area contributed by atoms with E-state index in [9.17, 15) is 19.8 Å². The Morgan fingerprint density at radius 1 is 1.13 bits per heavy atom. The van der Waals surface area contributed by atoms with Gasteiger partial charge < -0.3 is 25.6 Å². The molecule has 0 bridgehead atoms. The number of carbonyl (C=O) groups excluding carboxylic acids is 2. The summed E-state index contributed by atoms with van der Waals surface area (Å²) in [5.41, 5.74) is -0.210. The van der Waals surface area contributed by atoms with E-state index in [4.69, 9.17) is 51.8 Å². The van der Waals surface area contributed by atoms with E-state index < -0.39 is 17.3 Å². The third-order valence-corrected chi connectivity index (χ3v) is 9.03.